The van der Waals surface area contributed by atoms with Crippen molar-refractivity contribution in [2.45, 2.75) is 39.0 Å². The zero-order chi connectivity index (χ0) is 29.5. The number of hydrogen-bond acceptors (Lipinski definition) is 7. The molecule has 0 saturated heterocycles. The predicted octanol–water partition coefficient (Wildman–Crippen LogP) is 4.40. The summed E-state index contributed by atoms with van der Waals surface area (Å²) in [6.07, 6.45) is 5.17. The van der Waals surface area contributed by atoms with Crippen LogP contribution in [0.25, 0.3) is 11.5 Å². The zero-order valence-corrected chi connectivity index (χ0v) is 22.1. The van der Waals surface area contributed by atoms with Crippen molar-refractivity contribution in [2.75, 3.05) is 16.8 Å². The molecule has 1 N–H and O–H groups in total. The summed E-state index contributed by atoms with van der Waals surface area (Å²) >= 11 is 0. The van der Waals surface area contributed by atoms with E-state index in [1.165, 1.54) is 46.5 Å². The van der Waals surface area contributed by atoms with E-state index in [0.29, 0.717) is 15.9 Å². The van der Waals surface area contributed by atoms with E-state index in [-0.39, 0.29) is 35.7 Å². The molecule has 1 aliphatic heterocycles. The van der Waals surface area contributed by atoms with Crippen LogP contribution in [0.15, 0.2) is 49.1 Å². The molecule has 0 bridgehead atoms. The summed E-state index contributed by atoms with van der Waals surface area (Å²) in [4.78, 5) is 32.5. The Morgan fingerprint density at radius 3 is 2.44 bits per heavy atom. The van der Waals surface area contributed by atoms with Crippen LogP contribution in [0.5, 0.6) is 0 Å². The van der Waals surface area contributed by atoms with E-state index in [1.54, 1.807) is 26.8 Å². The number of nitrogens with one attached hydrogen (secondary N) is 1. The lowest BCUT2D eigenvalue weighted by molar-refractivity contribution is -0.143. The van der Waals surface area contributed by atoms with Gasteiger partial charge < -0.3 is 10.1 Å². The van der Waals surface area contributed by atoms with Crippen molar-refractivity contribution in [1.82, 2.24) is 29.8 Å². The second-order valence-corrected chi connectivity index (χ2v) is 9.99. The van der Waals surface area contributed by atoms with E-state index in [0.717, 1.165) is 6.20 Å². The number of amides is 2. The minimum Gasteiger partial charge on any atom is -0.443 e. The van der Waals surface area contributed by atoms with E-state index in [2.05, 4.69) is 31.5 Å². The number of carbonyl (C=O) groups is 2. The summed E-state index contributed by atoms with van der Waals surface area (Å²) in [6.45, 7) is 5.38. The smallest absolute Gasteiger partial charge is 0.434 e. The van der Waals surface area contributed by atoms with Crippen molar-refractivity contribution in [3.05, 3.63) is 71.4 Å². The molecule has 0 fully saturated rings. The lowest BCUT2D eigenvalue weighted by Gasteiger charge is -2.25. The van der Waals surface area contributed by atoms with Gasteiger partial charge in [0.05, 0.1) is 53.0 Å². The molecule has 1 aromatic carbocycles. The standard InChI is InChI=1S/C27H23F3N8O3/c1-5-16-13-17(14-31-23(16)38-32-10-11-33-38)35-24(39)19-15-34-37(22(19)27(28,29)30)21-8-6-7-20-18(21)9-12-36(20)25(40)41-26(2,3)4/h1,6-8,10-11,13-15H,9,12H2,2-4H3,(H,35,39). The van der Waals surface area contributed by atoms with Crippen LogP contribution in [-0.2, 0) is 17.3 Å². The van der Waals surface area contributed by atoms with Crippen LogP contribution < -0.4 is 10.2 Å². The largest absolute Gasteiger partial charge is 0.443 e. The van der Waals surface area contributed by atoms with Gasteiger partial charge in [0.2, 0.25) is 0 Å². The number of aromatic nitrogens is 6. The molecule has 14 heteroatoms. The minimum atomic E-state index is -4.95. The highest BCUT2D eigenvalue weighted by Gasteiger charge is 2.42. The van der Waals surface area contributed by atoms with Gasteiger partial charge in [-0.3, -0.25) is 9.69 Å². The molecule has 4 heterocycles. The second kappa shape index (κ2) is 10.1. The van der Waals surface area contributed by atoms with Gasteiger partial charge in [0.15, 0.2) is 11.5 Å². The van der Waals surface area contributed by atoms with Gasteiger partial charge in [-0.2, -0.15) is 28.5 Å². The Hall–Kier alpha value is -5.19. The second-order valence-electron chi connectivity index (χ2n) is 9.99. The Bertz CT molecular complexity index is 1680. The number of pyridine rings is 1. The molecule has 0 spiro atoms. The van der Waals surface area contributed by atoms with Crippen LogP contribution in [0, 0.1) is 12.3 Å². The zero-order valence-electron chi connectivity index (χ0n) is 22.1. The number of nitrogens with zero attached hydrogens (tertiary/aromatic N) is 7. The molecule has 11 nitrogen and oxygen atoms in total. The van der Waals surface area contributed by atoms with Crippen molar-refractivity contribution < 1.29 is 27.5 Å². The molecular weight excluding hydrogens is 541 g/mol. The van der Waals surface area contributed by atoms with Gasteiger partial charge in [-0.25, -0.2) is 14.5 Å². The number of ether oxygens (including phenoxy) is 1. The van der Waals surface area contributed by atoms with E-state index < -0.39 is 35.0 Å². The van der Waals surface area contributed by atoms with E-state index in [9.17, 15) is 22.8 Å². The Labute approximate surface area is 231 Å². The molecule has 0 radical (unpaired) electrons. The maximum Gasteiger partial charge on any atom is 0.434 e. The highest BCUT2D eigenvalue weighted by Crippen LogP contribution is 2.38. The summed E-state index contributed by atoms with van der Waals surface area (Å²) in [5.74, 6) is 1.54. The minimum absolute atomic E-state index is 0.0633. The van der Waals surface area contributed by atoms with Crippen LogP contribution in [0.2, 0.25) is 0 Å². The summed E-state index contributed by atoms with van der Waals surface area (Å²) in [5, 5.41) is 14.3. The Morgan fingerprint density at radius 1 is 1.07 bits per heavy atom. The van der Waals surface area contributed by atoms with Gasteiger partial charge in [0, 0.05) is 12.1 Å². The van der Waals surface area contributed by atoms with Gasteiger partial charge in [-0.1, -0.05) is 12.0 Å². The predicted molar refractivity (Wildman–Crippen MR) is 141 cm³/mol. The van der Waals surface area contributed by atoms with Crippen molar-refractivity contribution >= 4 is 23.4 Å². The quantitative estimate of drug-likeness (QED) is 0.365. The fourth-order valence-electron chi connectivity index (χ4n) is 4.41. The third kappa shape index (κ3) is 5.33. The van der Waals surface area contributed by atoms with Crippen molar-refractivity contribution in [2.24, 2.45) is 0 Å². The van der Waals surface area contributed by atoms with Crippen molar-refractivity contribution in [1.29, 1.82) is 0 Å². The molecule has 5 rings (SSSR count). The molecule has 2 amide bonds. The van der Waals surface area contributed by atoms with Crippen LogP contribution in [0.4, 0.5) is 29.3 Å². The Morgan fingerprint density at radius 2 is 1.78 bits per heavy atom. The summed E-state index contributed by atoms with van der Waals surface area (Å²) in [7, 11) is 0. The summed E-state index contributed by atoms with van der Waals surface area (Å²) in [5.41, 5.74) is -1.51. The van der Waals surface area contributed by atoms with Crippen LogP contribution in [0.3, 0.4) is 0 Å². The molecule has 3 aromatic heterocycles. The molecule has 0 unspecified atom stereocenters. The first-order valence-corrected chi connectivity index (χ1v) is 12.3. The van der Waals surface area contributed by atoms with Gasteiger partial charge in [0.25, 0.3) is 5.91 Å². The van der Waals surface area contributed by atoms with Crippen molar-refractivity contribution in [3.8, 4) is 23.8 Å². The van der Waals surface area contributed by atoms with Gasteiger partial charge in [-0.05, 0) is 45.4 Å². The van der Waals surface area contributed by atoms with E-state index in [1.807, 2.05) is 0 Å². The number of alkyl halides is 3. The lowest BCUT2D eigenvalue weighted by atomic mass is 10.1. The number of halogens is 3. The molecule has 210 valence electrons. The van der Waals surface area contributed by atoms with Gasteiger partial charge >= 0.3 is 12.3 Å². The average Bonchev–Trinajstić information content (AvgIpc) is 3.66. The summed E-state index contributed by atoms with van der Waals surface area (Å²) < 4.78 is 49.4. The van der Waals surface area contributed by atoms with E-state index in [4.69, 9.17) is 11.2 Å². The average molecular weight is 565 g/mol. The maximum atomic E-state index is 14.4. The molecule has 0 aliphatic carbocycles. The number of carbonyl (C=O) groups excluding carboxylic acids is 2. The van der Waals surface area contributed by atoms with E-state index >= 15 is 0 Å². The first kappa shape index (κ1) is 27.4. The number of fused-ring (bicyclic) bond motifs is 1. The first-order valence-electron chi connectivity index (χ1n) is 12.3. The number of anilines is 2. The molecule has 41 heavy (non-hydrogen) atoms. The van der Waals surface area contributed by atoms with Crippen LogP contribution in [-0.4, -0.2) is 53.9 Å². The van der Waals surface area contributed by atoms with Gasteiger partial charge in [-0.15, -0.1) is 11.2 Å². The normalized spacial score (nSPS) is 13.0. The Kier molecular flexibility index (Phi) is 6.74. The van der Waals surface area contributed by atoms with Crippen LogP contribution in [0.1, 0.15) is 48.0 Å². The molecule has 0 atom stereocenters. The molecule has 1 aliphatic rings. The van der Waals surface area contributed by atoms with Gasteiger partial charge in [0.1, 0.15) is 5.60 Å². The monoisotopic (exact) mass is 564 g/mol. The fraction of sp³-hybridized carbons (Fsp3) is 0.259. The molecular formula is C27H23F3N8O3. The summed E-state index contributed by atoms with van der Waals surface area (Å²) in [6, 6.07) is 5.96. The number of hydrogen-bond donors (Lipinski definition) is 1. The third-order valence-corrected chi connectivity index (χ3v) is 6.02. The Balaban J connectivity index is 1.49. The third-order valence-electron chi connectivity index (χ3n) is 6.02. The SMILES string of the molecule is C#Cc1cc(NC(=O)c2cnn(-c3cccc4c3CCN4C(=O)OC(C)(C)C)c2C(F)(F)F)cnc1-n1nccn1. The maximum absolute atomic E-state index is 14.4. The van der Waals surface area contributed by atoms with Crippen LogP contribution >= 0.6 is 0 Å². The first-order chi connectivity index (χ1) is 19.4. The number of terminal acetylenes is 1. The highest BCUT2D eigenvalue weighted by molar-refractivity contribution is 6.05. The highest BCUT2D eigenvalue weighted by atomic mass is 19.4. The fourth-order valence-corrected chi connectivity index (χ4v) is 4.41. The topological polar surface area (TPSA) is 120 Å². The number of rotatable bonds is 4. The molecule has 0 saturated carbocycles. The lowest BCUT2D eigenvalue weighted by Crippen LogP contribution is -2.35. The van der Waals surface area contributed by atoms with Crippen molar-refractivity contribution in [3.63, 3.8) is 0 Å². The molecule has 4 aromatic rings. The number of benzene rings is 1.